The number of hydrogen-bond acceptors (Lipinski definition) is 7. The summed E-state index contributed by atoms with van der Waals surface area (Å²) >= 11 is 0. The van der Waals surface area contributed by atoms with Crippen LogP contribution in [0.25, 0.3) is 10.8 Å². The Bertz CT molecular complexity index is 959. The summed E-state index contributed by atoms with van der Waals surface area (Å²) in [7, 11) is 0. The number of nitrogens with one attached hydrogen (secondary N) is 2. The first kappa shape index (κ1) is 24.0. The van der Waals surface area contributed by atoms with Crippen LogP contribution < -0.4 is 16.4 Å². The van der Waals surface area contributed by atoms with E-state index < -0.39 is 42.5 Å². The minimum atomic E-state index is -5.35. The van der Waals surface area contributed by atoms with Crippen molar-refractivity contribution in [2.75, 3.05) is 6.54 Å². The zero-order valence-electron chi connectivity index (χ0n) is 16.1. The first-order valence-corrected chi connectivity index (χ1v) is 9.12. The van der Waals surface area contributed by atoms with E-state index in [-0.39, 0.29) is 6.54 Å². The molecule has 2 aromatic rings. The summed E-state index contributed by atoms with van der Waals surface area (Å²) in [6.45, 7) is 0.446. The summed E-state index contributed by atoms with van der Waals surface area (Å²) in [5, 5.41) is 7.37. The number of benzene rings is 2. The number of fused-ring (bicyclic) bond motifs is 1. The largest absolute Gasteiger partial charge is 0.491 e. The van der Waals surface area contributed by atoms with Crippen molar-refractivity contribution < 1.29 is 37.1 Å². The van der Waals surface area contributed by atoms with Gasteiger partial charge in [-0.05, 0) is 16.3 Å². The molecule has 4 N–H and O–H groups in total. The quantitative estimate of drug-likeness (QED) is 0.302. The van der Waals surface area contributed by atoms with E-state index in [0.29, 0.717) is 12.8 Å². The van der Waals surface area contributed by atoms with Gasteiger partial charge in [-0.3, -0.25) is 9.59 Å². The van der Waals surface area contributed by atoms with Gasteiger partial charge in [0.25, 0.3) is 0 Å². The fourth-order valence-electron chi connectivity index (χ4n) is 2.71. The van der Waals surface area contributed by atoms with Crippen LogP contribution in [-0.4, -0.2) is 48.9 Å². The average molecular weight is 439 g/mol. The molecular weight excluding hydrogens is 419 g/mol. The summed E-state index contributed by atoms with van der Waals surface area (Å²) in [4.78, 5) is 45.2. The SMILES string of the molecule is N[C@@H](CC(=O)OC(=O)C(F)(F)F)C(=O)N[C@H](C=O)CNCc1cccc2ccccc12. The minimum absolute atomic E-state index is 0.0438. The predicted octanol–water partition coefficient (Wildman–Crippen LogP) is 0.963. The molecule has 2 atom stereocenters. The number of amides is 1. The van der Waals surface area contributed by atoms with Crippen molar-refractivity contribution in [2.24, 2.45) is 5.73 Å². The van der Waals surface area contributed by atoms with Crippen molar-refractivity contribution in [1.29, 1.82) is 0 Å². The number of halogens is 3. The molecule has 1 amide bonds. The molecular formula is C20H20F3N3O5. The summed E-state index contributed by atoms with van der Waals surface area (Å²) < 4.78 is 39.8. The normalized spacial score (nSPS) is 13.3. The molecule has 0 aliphatic heterocycles. The van der Waals surface area contributed by atoms with Crippen molar-refractivity contribution in [3.8, 4) is 0 Å². The molecule has 0 radical (unpaired) electrons. The van der Waals surface area contributed by atoms with Gasteiger partial charge in [0.15, 0.2) is 0 Å². The van der Waals surface area contributed by atoms with Gasteiger partial charge in [-0.2, -0.15) is 13.2 Å². The zero-order chi connectivity index (χ0) is 23.0. The van der Waals surface area contributed by atoms with Gasteiger partial charge in [-0.25, -0.2) is 4.79 Å². The molecule has 31 heavy (non-hydrogen) atoms. The number of hydrogen-bond donors (Lipinski definition) is 3. The molecule has 166 valence electrons. The second-order valence-corrected chi connectivity index (χ2v) is 6.59. The van der Waals surface area contributed by atoms with Gasteiger partial charge < -0.3 is 25.9 Å². The summed E-state index contributed by atoms with van der Waals surface area (Å²) in [6, 6.07) is 10.9. The first-order chi connectivity index (χ1) is 14.6. The minimum Gasteiger partial charge on any atom is -0.386 e. The number of aldehydes is 1. The van der Waals surface area contributed by atoms with E-state index >= 15 is 0 Å². The standard InChI is InChI=1S/C20H20F3N3O5/c21-20(22,23)19(30)31-17(28)8-16(24)18(29)26-14(11-27)10-25-9-13-6-3-5-12-4-1-2-7-15(12)13/h1-7,11,14,16,25H,8-10,24H2,(H,26,29)/t14-,16-/m0/s1. The maximum atomic E-state index is 12.1. The van der Waals surface area contributed by atoms with Crippen LogP contribution in [0.3, 0.4) is 0 Å². The fraction of sp³-hybridized carbons (Fsp3) is 0.300. The number of ether oxygens (including phenoxy) is 1. The Morgan fingerprint density at radius 1 is 1.10 bits per heavy atom. The van der Waals surface area contributed by atoms with Gasteiger partial charge in [0, 0.05) is 13.1 Å². The van der Waals surface area contributed by atoms with Gasteiger partial charge in [0.05, 0.1) is 18.5 Å². The first-order valence-electron chi connectivity index (χ1n) is 9.12. The van der Waals surface area contributed by atoms with Gasteiger partial charge >= 0.3 is 18.1 Å². The fourth-order valence-corrected chi connectivity index (χ4v) is 2.71. The molecule has 0 bridgehead atoms. The van der Waals surface area contributed by atoms with Crippen LogP contribution in [-0.2, 0) is 30.5 Å². The molecule has 0 fully saturated rings. The summed E-state index contributed by atoms with van der Waals surface area (Å²) in [5.41, 5.74) is 6.42. The number of carbonyl (C=O) groups excluding carboxylic acids is 4. The second kappa shape index (κ2) is 10.6. The maximum absolute atomic E-state index is 12.1. The number of esters is 2. The molecule has 0 aliphatic rings. The molecule has 0 aromatic heterocycles. The van der Waals surface area contributed by atoms with Crippen molar-refractivity contribution >= 4 is 34.9 Å². The molecule has 0 heterocycles. The van der Waals surface area contributed by atoms with Crippen molar-refractivity contribution in [3.05, 3.63) is 48.0 Å². The molecule has 2 rings (SSSR count). The average Bonchev–Trinajstić information content (AvgIpc) is 2.72. The highest BCUT2D eigenvalue weighted by Crippen LogP contribution is 2.18. The van der Waals surface area contributed by atoms with Crippen LogP contribution in [0.2, 0.25) is 0 Å². The summed E-state index contributed by atoms with van der Waals surface area (Å²) in [5.74, 6) is -5.27. The Labute approximate surface area is 174 Å². The van der Waals surface area contributed by atoms with E-state index in [1.165, 1.54) is 0 Å². The van der Waals surface area contributed by atoms with Crippen molar-refractivity contribution in [2.45, 2.75) is 31.2 Å². The third-order valence-corrected chi connectivity index (χ3v) is 4.21. The number of carbonyl (C=O) groups is 4. The number of alkyl halides is 3. The summed E-state index contributed by atoms with van der Waals surface area (Å²) in [6.07, 6.45) is -5.87. The van der Waals surface area contributed by atoms with E-state index in [0.717, 1.165) is 16.3 Å². The maximum Gasteiger partial charge on any atom is 0.491 e. The Balaban J connectivity index is 1.83. The second-order valence-electron chi connectivity index (χ2n) is 6.59. The van der Waals surface area contributed by atoms with Crippen LogP contribution in [0.5, 0.6) is 0 Å². The lowest BCUT2D eigenvalue weighted by Gasteiger charge is -2.17. The van der Waals surface area contributed by atoms with Gasteiger partial charge in [-0.1, -0.05) is 42.5 Å². The third kappa shape index (κ3) is 7.15. The Kier molecular flexibility index (Phi) is 8.22. The molecule has 0 saturated heterocycles. The van der Waals surface area contributed by atoms with Crippen LogP contribution in [0.1, 0.15) is 12.0 Å². The van der Waals surface area contributed by atoms with Crippen LogP contribution in [0, 0.1) is 0 Å². The predicted molar refractivity (Wildman–Crippen MR) is 103 cm³/mol. The van der Waals surface area contributed by atoms with Crippen molar-refractivity contribution in [1.82, 2.24) is 10.6 Å². The molecule has 0 unspecified atom stereocenters. The highest BCUT2D eigenvalue weighted by Gasteiger charge is 2.42. The molecule has 8 nitrogen and oxygen atoms in total. The highest BCUT2D eigenvalue weighted by atomic mass is 19.4. The van der Waals surface area contributed by atoms with E-state index in [1.807, 2.05) is 42.5 Å². The molecule has 0 saturated carbocycles. The molecule has 11 heteroatoms. The number of nitrogens with two attached hydrogens (primary N) is 1. The van der Waals surface area contributed by atoms with Gasteiger partial charge in [-0.15, -0.1) is 0 Å². The molecule has 0 aliphatic carbocycles. The molecule has 2 aromatic carbocycles. The van der Waals surface area contributed by atoms with Gasteiger partial charge in [0.2, 0.25) is 5.91 Å². The smallest absolute Gasteiger partial charge is 0.386 e. The van der Waals surface area contributed by atoms with Gasteiger partial charge in [0.1, 0.15) is 6.29 Å². The third-order valence-electron chi connectivity index (χ3n) is 4.21. The lowest BCUT2D eigenvalue weighted by molar-refractivity contribution is -0.202. The Morgan fingerprint density at radius 2 is 1.77 bits per heavy atom. The Hall–Kier alpha value is -3.31. The van der Waals surface area contributed by atoms with Crippen molar-refractivity contribution in [3.63, 3.8) is 0 Å². The lowest BCUT2D eigenvalue weighted by atomic mass is 10.0. The monoisotopic (exact) mass is 439 g/mol. The van der Waals surface area contributed by atoms with E-state index in [4.69, 9.17) is 5.73 Å². The highest BCUT2D eigenvalue weighted by molar-refractivity contribution is 5.92. The number of rotatable bonds is 9. The van der Waals surface area contributed by atoms with E-state index in [9.17, 15) is 32.3 Å². The van der Waals surface area contributed by atoms with Crippen LogP contribution in [0.4, 0.5) is 13.2 Å². The van der Waals surface area contributed by atoms with E-state index in [1.54, 1.807) is 0 Å². The topological polar surface area (TPSA) is 128 Å². The zero-order valence-corrected chi connectivity index (χ0v) is 16.1. The lowest BCUT2D eigenvalue weighted by Crippen LogP contribution is -2.50. The molecule has 0 spiro atoms. The van der Waals surface area contributed by atoms with Crippen LogP contribution in [0.15, 0.2) is 42.5 Å². The van der Waals surface area contributed by atoms with E-state index in [2.05, 4.69) is 15.4 Å². The van der Waals surface area contributed by atoms with Crippen LogP contribution >= 0.6 is 0 Å². The Morgan fingerprint density at radius 3 is 2.45 bits per heavy atom.